The Bertz CT molecular complexity index is 781. The number of amides is 3. The molecular formula is C19H29N7O5. The summed E-state index contributed by atoms with van der Waals surface area (Å²) in [5.41, 5.74) is 16.6. The van der Waals surface area contributed by atoms with E-state index in [2.05, 4.69) is 20.9 Å². The Hall–Kier alpha value is -3.67. The zero-order valence-corrected chi connectivity index (χ0v) is 17.0. The summed E-state index contributed by atoms with van der Waals surface area (Å²) in [6, 6.07) is 6.87. The average Bonchev–Trinajstić information content (AvgIpc) is 2.73. The highest BCUT2D eigenvalue weighted by Gasteiger charge is 2.26. The molecule has 12 heteroatoms. The Kier molecular flexibility index (Phi) is 11.1. The molecule has 0 aliphatic heterocycles. The summed E-state index contributed by atoms with van der Waals surface area (Å²) in [6.07, 6.45) is 0.710. The molecule has 170 valence electrons. The number of nitrogens with zero attached hydrogens (tertiary/aromatic N) is 1. The van der Waals surface area contributed by atoms with Gasteiger partial charge in [0.15, 0.2) is 5.96 Å². The lowest BCUT2D eigenvalue weighted by Gasteiger charge is -2.23. The summed E-state index contributed by atoms with van der Waals surface area (Å²) in [4.78, 5) is 51.6. The van der Waals surface area contributed by atoms with Gasteiger partial charge in [0.05, 0.1) is 6.54 Å². The van der Waals surface area contributed by atoms with Gasteiger partial charge in [0.2, 0.25) is 17.7 Å². The molecule has 1 rings (SSSR count). The maximum atomic E-state index is 12.8. The van der Waals surface area contributed by atoms with Crippen LogP contribution in [0.4, 0.5) is 0 Å². The number of nitrogens with two attached hydrogens (primary N) is 3. The first-order valence-electron chi connectivity index (χ1n) is 9.61. The van der Waals surface area contributed by atoms with Crippen molar-refractivity contribution in [1.82, 2.24) is 16.0 Å². The summed E-state index contributed by atoms with van der Waals surface area (Å²) in [6.45, 7) is -0.660. The van der Waals surface area contributed by atoms with Crippen LogP contribution in [0.3, 0.4) is 0 Å². The Morgan fingerprint density at radius 3 is 2.26 bits per heavy atom. The number of benzene rings is 1. The third-order valence-corrected chi connectivity index (χ3v) is 4.11. The Morgan fingerprint density at radius 1 is 1.00 bits per heavy atom. The van der Waals surface area contributed by atoms with E-state index < -0.39 is 42.3 Å². The van der Waals surface area contributed by atoms with Gasteiger partial charge in [-0.05, 0) is 18.4 Å². The van der Waals surface area contributed by atoms with Crippen LogP contribution < -0.4 is 33.2 Å². The van der Waals surface area contributed by atoms with Crippen LogP contribution in [-0.2, 0) is 25.6 Å². The molecule has 0 radical (unpaired) electrons. The monoisotopic (exact) mass is 435 g/mol. The first-order valence-corrected chi connectivity index (χ1v) is 9.61. The fraction of sp³-hybridized carbons (Fsp3) is 0.421. The molecule has 0 bridgehead atoms. The number of carboxylic acids is 1. The summed E-state index contributed by atoms with van der Waals surface area (Å²) in [7, 11) is 0. The van der Waals surface area contributed by atoms with Crippen LogP contribution in [0.15, 0.2) is 35.3 Å². The van der Waals surface area contributed by atoms with E-state index in [4.69, 9.17) is 22.3 Å². The van der Waals surface area contributed by atoms with Crippen LogP contribution in [0.1, 0.15) is 18.4 Å². The van der Waals surface area contributed by atoms with Gasteiger partial charge >= 0.3 is 5.97 Å². The molecule has 0 fully saturated rings. The van der Waals surface area contributed by atoms with Crippen LogP contribution in [0.25, 0.3) is 0 Å². The van der Waals surface area contributed by atoms with Gasteiger partial charge in [-0.25, -0.2) is 0 Å². The van der Waals surface area contributed by atoms with Gasteiger partial charge in [-0.3, -0.25) is 24.2 Å². The molecule has 0 spiro atoms. The van der Waals surface area contributed by atoms with Crippen molar-refractivity contribution >= 4 is 29.7 Å². The smallest absolute Gasteiger partial charge is 0.322 e. The predicted octanol–water partition coefficient (Wildman–Crippen LogP) is -2.59. The van der Waals surface area contributed by atoms with E-state index in [1.165, 1.54) is 0 Å². The standard InChI is InChI=1S/C19H29N7O5/c20-10-15(27)25-13(7-4-8-23-19(21)22)18(31)26-14(17(30)24-11-16(28)29)9-12-5-2-1-3-6-12/h1-3,5-6,13-14H,4,7-11,20H2,(H,24,30)(H,25,27)(H,26,31)(H,28,29)(H4,21,22,23). The molecule has 1 aromatic rings. The predicted molar refractivity (Wildman–Crippen MR) is 114 cm³/mol. The van der Waals surface area contributed by atoms with Crippen LogP contribution in [0, 0.1) is 0 Å². The summed E-state index contributed by atoms with van der Waals surface area (Å²) in [5, 5.41) is 16.1. The number of aliphatic imine (C=N–C) groups is 1. The second kappa shape index (κ2) is 13.5. The Balaban J connectivity index is 2.91. The molecule has 3 amide bonds. The summed E-state index contributed by atoms with van der Waals surface area (Å²) in [5.74, 6) is -3.13. The summed E-state index contributed by atoms with van der Waals surface area (Å²) < 4.78 is 0. The van der Waals surface area contributed by atoms with Crippen molar-refractivity contribution in [2.24, 2.45) is 22.2 Å². The van der Waals surface area contributed by atoms with Crippen LogP contribution in [0.2, 0.25) is 0 Å². The second-order valence-electron chi connectivity index (χ2n) is 6.64. The molecule has 0 aliphatic carbocycles. The third kappa shape index (κ3) is 10.6. The maximum absolute atomic E-state index is 12.8. The minimum absolute atomic E-state index is 0.0926. The van der Waals surface area contributed by atoms with E-state index in [1.807, 2.05) is 0 Å². The van der Waals surface area contributed by atoms with Crippen molar-refractivity contribution in [2.75, 3.05) is 19.6 Å². The third-order valence-electron chi connectivity index (χ3n) is 4.11. The van der Waals surface area contributed by atoms with Crippen molar-refractivity contribution in [2.45, 2.75) is 31.3 Å². The second-order valence-corrected chi connectivity index (χ2v) is 6.64. The number of carbonyl (C=O) groups excluding carboxylic acids is 3. The highest BCUT2D eigenvalue weighted by Crippen LogP contribution is 2.06. The molecule has 1 aromatic carbocycles. The first kappa shape index (κ1) is 25.4. The molecule has 0 saturated carbocycles. The lowest BCUT2D eigenvalue weighted by molar-refractivity contribution is -0.138. The lowest BCUT2D eigenvalue weighted by atomic mass is 10.0. The SMILES string of the molecule is NCC(=O)NC(CCCN=C(N)N)C(=O)NC(Cc1ccccc1)C(=O)NCC(=O)O. The maximum Gasteiger partial charge on any atom is 0.322 e. The van der Waals surface area contributed by atoms with Crippen LogP contribution >= 0.6 is 0 Å². The minimum atomic E-state index is -1.22. The van der Waals surface area contributed by atoms with Gasteiger partial charge in [0.1, 0.15) is 18.6 Å². The molecule has 12 nitrogen and oxygen atoms in total. The van der Waals surface area contributed by atoms with Gasteiger partial charge < -0.3 is 38.3 Å². The fourth-order valence-corrected chi connectivity index (χ4v) is 2.64. The van der Waals surface area contributed by atoms with Crippen LogP contribution in [0.5, 0.6) is 0 Å². The molecule has 0 heterocycles. The number of carboxylic acid groups (broad SMARTS) is 1. The molecule has 2 unspecified atom stereocenters. The van der Waals surface area contributed by atoms with Gasteiger partial charge in [-0.15, -0.1) is 0 Å². The molecule has 0 aliphatic rings. The molecular weight excluding hydrogens is 406 g/mol. The lowest BCUT2D eigenvalue weighted by Crippen LogP contribution is -2.55. The highest BCUT2D eigenvalue weighted by molar-refractivity contribution is 5.93. The number of aliphatic carboxylic acids is 1. The van der Waals surface area contributed by atoms with Crippen molar-refractivity contribution in [3.05, 3.63) is 35.9 Å². The molecule has 31 heavy (non-hydrogen) atoms. The number of nitrogens with one attached hydrogen (secondary N) is 3. The van der Waals surface area contributed by atoms with Crippen molar-refractivity contribution in [3.63, 3.8) is 0 Å². The molecule has 2 atom stereocenters. The average molecular weight is 435 g/mol. The molecule has 0 aromatic heterocycles. The zero-order chi connectivity index (χ0) is 23.2. The largest absolute Gasteiger partial charge is 0.480 e. The van der Waals surface area contributed by atoms with Crippen LogP contribution in [-0.4, -0.2) is 66.5 Å². The van der Waals surface area contributed by atoms with E-state index in [0.717, 1.165) is 5.56 Å². The van der Waals surface area contributed by atoms with Crippen molar-refractivity contribution in [1.29, 1.82) is 0 Å². The quantitative estimate of drug-likeness (QED) is 0.0988. The molecule has 0 saturated heterocycles. The first-order chi connectivity index (χ1) is 14.7. The zero-order valence-electron chi connectivity index (χ0n) is 17.0. The van der Waals surface area contributed by atoms with Crippen molar-refractivity contribution < 1.29 is 24.3 Å². The number of hydrogen-bond donors (Lipinski definition) is 7. The normalized spacial score (nSPS) is 12.2. The Morgan fingerprint density at radius 2 is 1.68 bits per heavy atom. The highest BCUT2D eigenvalue weighted by atomic mass is 16.4. The van der Waals surface area contributed by atoms with Crippen molar-refractivity contribution in [3.8, 4) is 0 Å². The van der Waals surface area contributed by atoms with E-state index in [-0.39, 0.29) is 31.9 Å². The Labute approximate surface area is 179 Å². The van der Waals surface area contributed by atoms with Gasteiger partial charge in [-0.2, -0.15) is 0 Å². The van der Waals surface area contributed by atoms with E-state index in [9.17, 15) is 19.2 Å². The van der Waals surface area contributed by atoms with Gasteiger partial charge in [0.25, 0.3) is 0 Å². The number of hydrogen-bond acceptors (Lipinski definition) is 6. The van der Waals surface area contributed by atoms with Gasteiger partial charge in [-0.1, -0.05) is 30.3 Å². The topological polar surface area (TPSA) is 215 Å². The number of carbonyl (C=O) groups is 4. The molecule has 10 N–H and O–H groups in total. The summed E-state index contributed by atoms with van der Waals surface area (Å²) >= 11 is 0. The number of guanidine groups is 1. The van der Waals surface area contributed by atoms with E-state index >= 15 is 0 Å². The van der Waals surface area contributed by atoms with E-state index in [1.54, 1.807) is 30.3 Å². The minimum Gasteiger partial charge on any atom is -0.480 e. The fourth-order valence-electron chi connectivity index (χ4n) is 2.64. The van der Waals surface area contributed by atoms with E-state index in [0.29, 0.717) is 6.42 Å². The number of rotatable bonds is 13. The van der Waals surface area contributed by atoms with Gasteiger partial charge in [0, 0.05) is 13.0 Å².